The second-order valence-corrected chi connectivity index (χ2v) is 5.20. The van der Waals surface area contributed by atoms with E-state index in [1.54, 1.807) is 13.0 Å². The molecule has 0 aliphatic carbocycles. The summed E-state index contributed by atoms with van der Waals surface area (Å²) in [6.07, 6.45) is -0.510. The Hall–Kier alpha value is -1.22. The van der Waals surface area contributed by atoms with Crippen molar-refractivity contribution >= 4 is 28.9 Å². The van der Waals surface area contributed by atoms with Gasteiger partial charge in [0.25, 0.3) is 0 Å². The Morgan fingerprint density at radius 1 is 1.16 bits per heavy atom. The molecular formula is C15H15Cl2NO. The Morgan fingerprint density at radius 3 is 2.58 bits per heavy atom. The molecule has 2 aromatic rings. The van der Waals surface area contributed by atoms with Crippen molar-refractivity contribution in [2.24, 2.45) is 0 Å². The van der Waals surface area contributed by atoms with Crippen LogP contribution in [0.1, 0.15) is 24.2 Å². The van der Waals surface area contributed by atoms with Gasteiger partial charge in [0.1, 0.15) is 0 Å². The number of benzene rings is 2. The molecule has 0 amide bonds. The fraction of sp³-hybridized carbons (Fsp3) is 0.200. The lowest BCUT2D eigenvalue weighted by molar-refractivity contribution is 0.200. The fourth-order valence-electron chi connectivity index (χ4n) is 1.88. The molecule has 2 rings (SSSR count). The maximum atomic E-state index is 9.71. The Morgan fingerprint density at radius 2 is 1.89 bits per heavy atom. The summed E-state index contributed by atoms with van der Waals surface area (Å²) in [5.74, 6) is 0. The molecule has 1 atom stereocenters. The average molecular weight is 296 g/mol. The van der Waals surface area contributed by atoms with E-state index in [9.17, 15) is 5.11 Å². The predicted molar refractivity (Wildman–Crippen MR) is 80.9 cm³/mol. The van der Waals surface area contributed by atoms with Crippen LogP contribution in [0.3, 0.4) is 0 Å². The smallest absolute Gasteiger partial charge is 0.0781 e. The number of nitrogens with one attached hydrogen (secondary N) is 1. The number of halogens is 2. The lowest BCUT2D eigenvalue weighted by Gasteiger charge is -2.14. The summed E-state index contributed by atoms with van der Waals surface area (Å²) in [6, 6.07) is 13.1. The van der Waals surface area contributed by atoms with Crippen LogP contribution in [0.4, 0.5) is 5.69 Å². The number of aliphatic hydroxyl groups excluding tert-OH is 1. The molecule has 0 aromatic heterocycles. The molecule has 2 nitrogen and oxygen atoms in total. The Kier molecular flexibility index (Phi) is 4.70. The molecule has 0 heterocycles. The van der Waals surface area contributed by atoms with Gasteiger partial charge in [0.05, 0.1) is 6.10 Å². The lowest BCUT2D eigenvalue weighted by atomic mass is 10.1. The highest BCUT2D eigenvalue weighted by Crippen LogP contribution is 2.25. The summed E-state index contributed by atoms with van der Waals surface area (Å²) >= 11 is 12.0. The number of hydrogen-bond acceptors (Lipinski definition) is 2. The number of anilines is 1. The molecule has 2 N–H and O–H groups in total. The molecule has 1 unspecified atom stereocenters. The molecule has 0 bridgehead atoms. The molecule has 0 saturated carbocycles. The zero-order chi connectivity index (χ0) is 13.8. The minimum absolute atomic E-state index is 0.510. The maximum Gasteiger partial charge on any atom is 0.0781 e. The third kappa shape index (κ3) is 3.63. The minimum Gasteiger partial charge on any atom is -0.389 e. The van der Waals surface area contributed by atoms with Crippen LogP contribution in [0.25, 0.3) is 0 Å². The van der Waals surface area contributed by atoms with Gasteiger partial charge in [-0.05, 0) is 30.7 Å². The first-order valence-electron chi connectivity index (χ1n) is 6.02. The third-order valence-electron chi connectivity index (χ3n) is 2.90. The number of hydrogen-bond donors (Lipinski definition) is 2. The van der Waals surface area contributed by atoms with Crippen LogP contribution in [-0.2, 0) is 6.54 Å². The van der Waals surface area contributed by atoms with E-state index in [0.717, 1.165) is 16.8 Å². The topological polar surface area (TPSA) is 32.3 Å². The largest absolute Gasteiger partial charge is 0.389 e. The van der Waals surface area contributed by atoms with Crippen LogP contribution in [0.2, 0.25) is 10.0 Å². The summed E-state index contributed by atoms with van der Waals surface area (Å²) in [6.45, 7) is 2.33. The van der Waals surface area contributed by atoms with Gasteiger partial charge < -0.3 is 10.4 Å². The van der Waals surface area contributed by atoms with Crippen molar-refractivity contribution in [1.82, 2.24) is 0 Å². The molecule has 2 aromatic carbocycles. The molecule has 19 heavy (non-hydrogen) atoms. The van der Waals surface area contributed by atoms with Gasteiger partial charge in [-0.1, -0.05) is 47.5 Å². The van der Waals surface area contributed by atoms with Crippen LogP contribution in [0, 0.1) is 0 Å². The van der Waals surface area contributed by atoms with Crippen molar-refractivity contribution < 1.29 is 5.11 Å². The highest BCUT2D eigenvalue weighted by Gasteiger charge is 2.07. The summed E-state index contributed by atoms with van der Waals surface area (Å²) < 4.78 is 0. The molecule has 0 aliphatic heterocycles. The number of aliphatic hydroxyl groups is 1. The molecule has 0 radical (unpaired) electrons. The van der Waals surface area contributed by atoms with E-state index < -0.39 is 6.10 Å². The van der Waals surface area contributed by atoms with Crippen molar-refractivity contribution in [3.63, 3.8) is 0 Å². The first-order valence-corrected chi connectivity index (χ1v) is 6.78. The first-order chi connectivity index (χ1) is 9.08. The third-order valence-corrected chi connectivity index (χ3v) is 3.48. The molecule has 4 heteroatoms. The highest BCUT2D eigenvalue weighted by molar-refractivity contribution is 6.35. The quantitative estimate of drug-likeness (QED) is 0.860. The Balaban J connectivity index is 2.14. The standard InChI is InChI=1S/C15H15Cl2NO/c1-10(19)13-4-2-3-5-15(13)18-9-11-6-7-12(16)8-14(11)17/h2-8,10,18-19H,9H2,1H3. The van der Waals surface area contributed by atoms with Crippen molar-refractivity contribution in [2.45, 2.75) is 19.6 Å². The van der Waals surface area contributed by atoms with E-state index in [0.29, 0.717) is 16.6 Å². The van der Waals surface area contributed by atoms with E-state index in [1.165, 1.54) is 0 Å². The summed E-state index contributed by atoms with van der Waals surface area (Å²) in [5, 5.41) is 14.2. The predicted octanol–water partition coefficient (Wildman–Crippen LogP) is 4.66. The van der Waals surface area contributed by atoms with E-state index in [2.05, 4.69) is 5.32 Å². The second-order valence-electron chi connectivity index (χ2n) is 4.35. The monoisotopic (exact) mass is 295 g/mol. The van der Waals surface area contributed by atoms with Crippen LogP contribution in [0.15, 0.2) is 42.5 Å². The molecule has 0 saturated heterocycles. The normalized spacial score (nSPS) is 12.2. The van der Waals surface area contributed by atoms with Gasteiger partial charge in [-0.25, -0.2) is 0 Å². The van der Waals surface area contributed by atoms with Crippen LogP contribution in [-0.4, -0.2) is 5.11 Å². The van der Waals surface area contributed by atoms with Crippen LogP contribution < -0.4 is 5.32 Å². The molecule has 100 valence electrons. The van der Waals surface area contributed by atoms with Crippen molar-refractivity contribution in [1.29, 1.82) is 0 Å². The molecule has 0 spiro atoms. The zero-order valence-corrected chi connectivity index (χ0v) is 12.0. The van der Waals surface area contributed by atoms with Gasteiger partial charge in [0.15, 0.2) is 0 Å². The molecular weight excluding hydrogens is 281 g/mol. The average Bonchev–Trinajstić information content (AvgIpc) is 2.38. The van der Waals surface area contributed by atoms with Gasteiger partial charge in [-0.15, -0.1) is 0 Å². The summed E-state index contributed by atoms with van der Waals surface area (Å²) in [7, 11) is 0. The fourth-order valence-corrected chi connectivity index (χ4v) is 2.35. The van der Waals surface area contributed by atoms with Crippen LogP contribution >= 0.6 is 23.2 Å². The first kappa shape index (κ1) is 14.2. The van der Waals surface area contributed by atoms with Crippen molar-refractivity contribution in [2.75, 3.05) is 5.32 Å². The lowest BCUT2D eigenvalue weighted by Crippen LogP contribution is -2.04. The van der Waals surface area contributed by atoms with Gasteiger partial charge in [-0.2, -0.15) is 0 Å². The second kappa shape index (κ2) is 6.29. The minimum atomic E-state index is -0.510. The van der Waals surface area contributed by atoms with E-state index in [1.807, 2.05) is 36.4 Å². The van der Waals surface area contributed by atoms with E-state index in [4.69, 9.17) is 23.2 Å². The highest BCUT2D eigenvalue weighted by atomic mass is 35.5. The van der Waals surface area contributed by atoms with Crippen molar-refractivity contribution in [3.05, 3.63) is 63.6 Å². The molecule has 0 fully saturated rings. The Bertz CT molecular complexity index is 570. The molecule has 0 aliphatic rings. The zero-order valence-electron chi connectivity index (χ0n) is 10.5. The summed E-state index contributed by atoms with van der Waals surface area (Å²) in [4.78, 5) is 0. The Labute approximate surface area is 123 Å². The van der Waals surface area contributed by atoms with Crippen molar-refractivity contribution in [3.8, 4) is 0 Å². The van der Waals surface area contributed by atoms with Gasteiger partial charge in [0, 0.05) is 27.8 Å². The SMILES string of the molecule is CC(O)c1ccccc1NCc1ccc(Cl)cc1Cl. The van der Waals surface area contributed by atoms with E-state index in [-0.39, 0.29) is 0 Å². The summed E-state index contributed by atoms with van der Waals surface area (Å²) in [5.41, 5.74) is 2.74. The number of rotatable bonds is 4. The van der Waals surface area contributed by atoms with Gasteiger partial charge in [0.2, 0.25) is 0 Å². The maximum absolute atomic E-state index is 9.71. The van der Waals surface area contributed by atoms with Gasteiger partial charge >= 0.3 is 0 Å². The van der Waals surface area contributed by atoms with Gasteiger partial charge in [-0.3, -0.25) is 0 Å². The number of para-hydroxylation sites is 1. The van der Waals surface area contributed by atoms with Crippen LogP contribution in [0.5, 0.6) is 0 Å². The van der Waals surface area contributed by atoms with E-state index >= 15 is 0 Å².